The topological polar surface area (TPSA) is 82.5 Å². The van der Waals surface area contributed by atoms with Crippen molar-refractivity contribution in [1.29, 1.82) is 0 Å². The molecular formula is C14H17N3O4S. The van der Waals surface area contributed by atoms with Gasteiger partial charge in [-0.05, 0) is 31.5 Å². The molecule has 8 heteroatoms. The lowest BCUT2D eigenvalue weighted by molar-refractivity contribution is 0.174. The minimum absolute atomic E-state index is 0.183. The van der Waals surface area contributed by atoms with Crippen molar-refractivity contribution in [3.63, 3.8) is 0 Å². The van der Waals surface area contributed by atoms with Crippen LogP contribution in [0.25, 0.3) is 0 Å². The van der Waals surface area contributed by atoms with Gasteiger partial charge in [0, 0.05) is 19.3 Å². The van der Waals surface area contributed by atoms with Crippen LogP contribution in [0.1, 0.15) is 24.2 Å². The third kappa shape index (κ3) is 2.67. The van der Waals surface area contributed by atoms with Crippen LogP contribution in [0, 0.1) is 6.92 Å². The summed E-state index contributed by atoms with van der Waals surface area (Å²) >= 11 is 0. The molecule has 7 nitrogen and oxygen atoms in total. The van der Waals surface area contributed by atoms with Crippen molar-refractivity contribution in [2.75, 3.05) is 6.79 Å². The second kappa shape index (κ2) is 5.29. The van der Waals surface area contributed by atoms with Crippen LogP contribution in [-0.4, -0.2) is 25.0 Å². The first-order valence-corrected chi connectivity index (χ1v) is 8.27. The Balaban J connectivity index is 1.84. The van der Waals surface area contributed by atoms with Crippen molar-refractivity contribution in [3.05, 3.63) is 35.7 Å². The van der Waals surface area contributed by atoms with Crippen LogP contribution in [0.2, 0.25) is 0 Å². The molecule has 1 unspecified atom stereocenters. The molecule has 2 heterocycles. The number of ether oxygens (including phenoxy) is 2. The van der Waals surface area contributed by atoms with Crippen LogP contribution in [0.15, 0.2) is 29.3 Å². The minimum atomic E-state index is -3.64. The van der Waals surface area contributed by atoms with Crippen LogP contribution >= 0.6 is 0 Å². The molecule has 3 rings (SSSR count). The van der Waals surface area contributed by atoms with Gasteiger partial charge in [-0.15, -0.1) is 0 Å². The number of fused-ring (bicyclic) bond motifs is 1. The molecule has 0 saturated carbocycles. The molecule has 118 valence electrons. The zero-order valence-electron chi connectivity index (χ0n) is 12.5. The number of sulfonamides is 1. The van der Waals surface area contributed by atoms with E-state index in [1.807, 2.05) is 6.07 Å². The predicted molar refractivity (Wildman–Crippen MR) is 79.2 cm³/mol. The molecule has 0 bridgehead atoms. The van der Waals surface area contributed by atoms with E-state index in [0.29, 0.717) is 17.2 Å². The number of hydrogen-bond donors (Lipinski definition) is 1. The van der Waals surface area contributed by atoms with Gasteiger partial charge in [-0.3, -0.25) is 4.68 Å². The molecule has 0 amide bonds. The van der Waals surface area contributed by atoms with Crippen LogP contribution in [-0.2, 0) is 17.1 Å². The maximum absolute atomic E-state index is 12.5. The molecule has 1 aromatic carbocycles. The van der Waals surface area contributed by atoms with E-state index in [9.17, 15) is 8.42 Å². The van der Waals surface area contributed by atoms with Crippen molar-refractivity contribution < 1.29 is 17.9 Å². The Morgan fingerprint density at radius 1 is 1.32 bits per heavy atom. The molecule has 1 aromatic heterocycles. The molecule has 22 heavy (non-hydrogen) atoms. The van der Waals surface area contributed by atoms with Crippen LogP contribution in [0.4, 0.5) is 0 Å². The lowest BCUT2D eigenvalue weighted by Crippen LogP contribution is -2.27. The fourth-order valence-corrected chi connectivity index (χ4v) is 3.84. The Bertz CT molecular complexity index is 813. The van der Waals surface area contributed by atoms with Gasteiger partial charge in [0.25, 0.3) is 0 Å². The lowest BCUT2D eigenvalue weighted by Gasteiger charge is -2.14. The molecule has 0 spiro atoms. The average molecular weight is 323 g/mol. The minimum Gasteiger partial charge on any atom is -0.454 e. The summed E-state index contributed by atoms with van der Waals surface area (Å²) in [5.41, 5.74) is 1.27. The summed E-state index contributed by atoms with van der Waals surface area (Å²) in [7, 11) is -1.95. The summed E-state index contributed by atoms with van der Waals surface area (Å²) < 4.78 is 39.6. The van der Waals surface area contributed by atoms with Crippen LogP contribution < -0.4 is 14.2 Å². The molecule has 1 atom stereocenters. The van der Waals surface area contributed by atoms with Crippen molar-refractivity contribution in [3.8, 4) is 11.5 Å². The van der Waals surface area contributed by atoms with E-state index in [1.54, 1.807) is 33.0 Å². The Labute approximate surface area is 128 Å². The first-order valence-electron chi connectivity index (χ1n) is 6.79. The van der Waals surface area contributed by atoms with Gasteiger partial charge >= 0.3 is 0 Å². The van der Waals surface area contributed by atoms with E-state index in [-0.39, 0.29) is 11.7 Å². The highest BCUT2D eigenvalue weighted by atomic mass is 32.2. The third-order valence-electron chi connectivity index (χ3n) is 3.49. The van der Waals surface area contributed by atoms with E-state index < -0.39 is 16.1 Å². The molecule has 0 radical (unpaired) electrons. The fraction of sp³-hybridized carbons (Fsp3) is 0.357. The first kappa shape index (κ1) is 14.9. The molecule has 2 aromatic rings. The summed E-state index contributed by atoms with van der Waals surface area (Å²) in [4.78, 5) is 0.183. The zero-order valence-corrected chi connectivity index (χ0v) is 13.3. The summed E-state index contributed by atoms with van der Waals surface area (Å²) in [6, 6.07) is 4.97. The van der Waals surface area contributed by atoms with Gasteiger partial charge in [0.05, 0.1) is 5.69 Å². The van der Waals surface area contributed by atoms with Gasteiger partial charge in [-0.1, -0.05) is 6.07 Å². The molecule has 1 aliphatic heterocycles. The number of hydrogen-bond acceptors (Lipinski definition) is 5. The molecular weight excluding hydrogens is 306 g/mol. The largest absolute Gasteiger partial charge is 0.454 e. The monoisotopic (exact) mass is 323 g/mol. The number of rotatable bonds is 4. The summed E-state index contributed by atoms with van der Waals surface area (Å²) in [5, 5.41) is 4.07. The van der Waals surface area contributed by atoms with Crippen molar-refractivity contribution >= 4 is 10.0 Å². The zero-order chi connectivity index (χ0) is 15.9. The van der Waals surface area contributed by atoms with Crippen molar-refractivity contribution in [2.45, 2.75) is 24.8 Å². The van der Waals surface area contributed by atoms with Gasteiger partial charge < -0.3 is 9.47 Å². The fourth-order valence-electron chi connectivity index (χ4n) is 2.39. The smallest absolute Gasteiger partial charge is 0.244 e. The number of nitrogens with zero attached hydrogens (tertiary/aromatic N) is 2. The van der Waals surface area contributed by atoms with Crippen molar-refractivity contribution in [2.24, 2.45) is 7.05 Å². The van der Waals surface area contributed by atoms with E-state index in [2.05, 4.69) is 9.82 Å². The third-order valence-corrected chi connectivity index (χ3v) is 5.13. The summed E-state index contributed by atoms with van der Waals surface area (Å²) in [5.74, 6) is 1.29. The van der Waals surface area contributed by atoms with Gasteiger partial charge in [0.1, 0.15) is 4.90 Å². The van der Waals surface area contributed by atoms with Gasteiger partial charge in [0.2, 0.25) is 16.8 Å². The maximum Gasteiger partial charge on any atom is 0.244 e. The molecule has 0 aliphatic carbocycles. The van der Waals surface area contributed by atoms with Crippen LogP contribution in [0.3, 0.4) is 0 Å². The first-order chi connectivity index (χ1) is 10.4. The number of nitrogens with one attached hydrogen (secondary N) is 1. The molecule has 0 fully saturated rings. The molecule has 0 saturated heterocycles. The molecule has 1 N–H and O–H groups in total. The normalized spacial score (nSPS) is 15.0. The quantitative estimate of drug-likeness (QED) is 0.922. The van der Waals surface area contributed by atoms with Gasteiger partial charge in [-0.2, -0.15) is 5.10 Å². The van der Waals surface area contributed by atoms with Gasteiger partial charge in [-0.25, -0.2) is 13.1 Å². The number of benzene rings is 1. The number of aryl methyl sites for hydroxylation is 2. The second-order valence-electron chi connectivity index (χ2n) is 5.21. The van der Waals surface area contributed by atoms with E-state index in [0.717, 1.165) is 5.56 Å². The standard InChI is InChI=1S/C14H17N3O4S/c1-9(11-4-5-12-13(6-11)21-8-20-12)16-22(18,19)14-7-17(3)15-10(14)2/h4-7,9,16H,8H2,1-3H3. The predicted octanol–water partition coefficient (Wildman–Crippen LogP) is 1.50. The van der Waals surface area contributed by atoms with Crippen molar-refractivity contribution in [1.82, 2.24) is 14.5 Å². The summed E-state index contributed by atoms with van der Waals surface area (Å²) in [6.07, 6.45) is 1.49. The highest BCUT2D eigenvalue weighted by molar-refractivity contribution is 7.89. The maximum atomic E-state index is 12.5. The Kier molecular flexibility index (Phi) is 3.57. The second-order valence-corrected chi connectivity index (χ2v) is 6.89. The average Bonchev–Trinajstić information content (AvgIpc) is 3.03. The Morgan fingerprint density at radius 3 is 2.73 bits per heavy atom. The van der Waals surface area contributed by atoms with Crippen LogP contribution in [0.5, 0.6) is 11.5 Å². The highest BCUT2D eigenvalue weighted by Crippen LogP contribution is 2.34. The highest BCUT2D eigenvalue weighted by Gasteiger charge is 2.24. The van der Waals surface area contributed by atoms with Gasteiger partial charge in [0.15, 0.2) is 11.5 Å². The summed E-state index contributed by atoms with van der Waals surface area (Å²) in [6.45, 7) is 3.63. The SMILES string of the molecule is Cc1nn(C)cc1S(=O)(=O)NC(C)c1ccc2c(c1)OCO2. The van der Waals surface area contributed by atoms with E-state index >= 15 is 0 Å². The lowest BCUT2D eigenvalue weighted by atomic mass is 10.1. The van der Waals surface area contributed by atoms with E-state index in [4.69, 9.17) is 9.47 Å². The van der Waals surface area contributed by atoms with E-state index in [1.165, 1.54) is 10.9 Å². The Hall–Kier alpha value is -2.06. The Morgan fingerprint density at radius 2 is 2.05 bits per heavy atom. The molecule has 1 aliphatic rings. The number of aromatic nitrogens is 2.